The topological polar surface area (TPSA) is 53.1 Å². The normalized spacial score (nSPS) is 17.6. The summed E-state index contributed by atoms with van der Waals surface area (Å²) in [5, 5.41) is 6.28. The number of nitrogens with zero attached hydrogens (tertiary/aromatic N) is 2. The van der Waals surface area contributed by atoms with Crippen LogP contribution in [0.3, 0.4) is 0 Å². The van der Waals surface area contributed by atoms with Crippen molar-refractivity contribution in [3.05, 3.63) is 29.0 Å². The number of pyridine rings is 1. The first-order chi connectivity index (χ1) is 9.81. The Balaban J connectivity index is 2.11. The molecule has 2 aromatic heterocycles. The molecule has 1 fully saturated rings. The van der Waals surface area contributed by atoms with Crippen LogP contribution in [0.4, 0.5) is 0 Å². The van der Waals surface area contributed by atoms with E-state index in [4.69, 9.17) is 11.6 Å². The van der Waals surface area contributed by atoms with Crippen LogP contribution >= 0.6 is 11.6 Å². The fourth-order valence-electron chi connectivity index (χ4n) is 3.09. The van der Waals surface area contributed by atoms with Gasteiger partial charge in [-0.1, -0.05) is 30.9 Å². The summed E-state index contributed by atoms with van der Waals surface area (Å²) in [7, 11) is 1.84. The summed E-state index contributed by atoms with van der Waals surface area (Å²) >= 11 is 6.42. The lowest BCUT2D eigenvalue weighted by molar-refractivity contribution is 0.438. The molecule has 0 amide bonds. The summed E-state index contributed by atoms with van der Waals surface area (Å²) in [5.74, 6) is 0.481. The zero-order valence-corrected chi connectivity index (χ0v) is 12.4. The molecule has 1 aliphatic rings. The molecule has 4 nitrogen and oxygen atoms in total. The zero-order valence-electron chi connectivity index (χ0n) is 11.6. The number of hydrogen-bond acceptors (Lipinski definition) is 3. The van der Waals surface area contributed by atoms with Crippen LogP contribution in [-0.2, 0) is 0 Å². The lowest BCUT2D eigenvalue weighted by Gasteiger charge is -2.24. The predicted molar refractivity (Wildman–Crippen MR) is 83.3 cm³/mol. The predicted octanol–water partition coefficient (Wildman–Crippen LogP) is 3.72. The summed E-state index contributed by atoms with van der Waals surface area (Å²) in [6.45, 7) is 0. The van der Waals surface area contributed by atoms with Crippen molar-refractivity contribution in [2.24, 2.45) is 11.0 Å². The molecule has 0 atom stereocenters. The minimum atomic E-state index is 0.481. The quantitative estimate of drug-likeness (QED) is 0.668. The number of H-pyrrole nitrogens is 1. The van der Waals surface area contributed by atoms with Crippen LogP contribution in [0.15, 0.2) is 23.6 Å². The summed E-state index contributed by atoms with van der Waals surface area (Å²) in [6, 6.07) is 2.03. The van der Waals surface area contributed by atoms with E-state index in [2.05, 4.69) is 20.5 Å². The zero-order chi connectivity index (χ0) is 13.9. The number of rotatable bonds is 3. The smallest absolute Gasteiger partial charge is 0.137 e. The Labute approximate surface area is 123 Å². The molecule has 2 aromatic rings. The van der Waals surface area contributed by atoms with Gasteiger partial charge < -0.3 is 10.4 Å². The first-order valence-electron chi connectivity index (χ1n) is 7.17. The molecule has 106 valence electrons. The highest BCUT2D eigenvalue weighted by molar-refractivity contribution is 6.36. The molecule has 2 heterocycles. The SMILES string of the molecule is CN/N=C(\c1c(Cl)cnc2[nH]ccc12)C1CCCCC1. The third kappa shape index (κ3) is 2.40. The Morgan fingerprint density at radius 3 is 2.95 bits per heavy atom. The minimum Gasteiger partial charge on any atom is -0.346 e. The van der Waals surface area contributed by atoms with E-state index in [-0.39, 0.29) is 0 Å². The maximum Gasteiger partial charge on any atom is 0.137 e. The highest BCUT2D eigenvalue weighted by Gasteiger charge is 2.24. The van der Waals surface area contributed by atoms with Gasteiger partial charge >= 0.3 is 0 Å². The van der Waals surface area contributed by atoms with Gasteiger partial charge in [0.2, 0.25) is 0 Å². The molecule has 0 saturated heterocycles. The monoisotopic (exact) mass is 290 g/mol. The first-order valence-corrected chi connectivity index (χ1v) is 7.55. The molecule has 2 N–H and O–H groups in total. The fraction of sp³-hybridized carbons (Fsp3) is 0.467. The first kappa shape index (κ1) is 13.4. The Kier molecular flexibility index (Phi) is 3.92. The molecule has 0 aromatic carbocycles. The number of hydrogen-bond donors (Lipinski definition) is 2. The second-order valence-electron chi connectivity index (χ2n) is 5.28. The second-order valence-corrected chi connectivity index (χ2v) is 5.68. The maximum atomic E-state index is 6.42. The summed E-state index contributed by atoms with van der Waals surface area (Å²) in [6.07, 6.45) is 9.85. The summed E-state index contributed by atoms with van der Waals surface area (Å²) in [5.41, 5.74) is 5.91. The molecular formula is C15H19ClN4. The average molecular weight is 291 g/mol. The van der Waals surface area contributed by atoms with Gasteiger partial charge in [0.15, 0.2) is 0 Å². The van der Waals surface area contributed by atoms with E-state index in [0.717, 1.165) is 22.3 Å². The Morgan fingerprint density at radius 1 is 1.40 bits per heavy atom. The molecule has 5 heteroatoms. The van der Waals surface area contributed by atoms with Crippen molar-refractivity contribution in [2.45, 2.75) is 32.1 Å². The summed E-state index contributed by atoms with van der Waals surface area (Å²) < 4.78 is 0. The van der Waals surface area contributed by atoms with E-state index < -0.39 is 0 Å². The van der Waals surface area contributed by atoms with Crippen LogP contribution < -0.4 is 5.43 Å². The minimum absolute atomic E-state index is 0.481. The van der Waals surface area contributed by atoms with E-state index in [9.17, 15) is 0 Å². The number of aromatic amines is 1. The van der Waals surface area contributed by atoms with Crippen LogP contribution in [0.2, 0.25) is 5.02 Å². The molecule has 0 unspecified atom stereocenters. The molecular weight excluding hydrogens is 272 g/mol. The summed E-state index contributed by atoms with van der Waals surface area (Å²) in [4.78, 5) is 7.47. The van der Waals surface area contributed by atoms with Crippen molar-refractivity contribution < 1.29 is 0 Å². The van der Waals surface area contributed by atoms with Crippen LogP contribution in [0.5, 0.6) is 0 Å². The van der Waals surface area contributed by atoms with Crippen LogP contribution in [-0.4, -0.2) is 22.7 Å². The molecule has 1 saturated carbocycles. The number of hydrazone groups is 1. The average Bonchev–Trinajstić information content (AvgIpc) is 2.95. The standard InChI is InChI=1S/C15H19ClN4/c1-17-20-14(10-5-3-2-4-6-10)13-11-7-8-18-15(11)19-9-12(13)16/h7-10,17H,2-6H2,1H3,(H,18,19)/b20-14-. The van der Waals surface area contributed by atoms with Gasteiger partial charge in [0, 0.05) is 36.3 Å². The van der Waals surface area contributed by atoms with Crippen LogP contribution in [0, 0.1) is 5.92 Å². The van der Waals surface area contributed by atoms with Gasteiger partial charge in [-0.3, -0.25) is 0 Å². The largest absolute Gasteiger partial charge is 0.346 e. The molecule has 0 aliphatic heterocycles. The number of fused-ring (bicyclic) bond motifs is 1. The Morgan fingerprint density at radius 2 is 2.20 bits per heavy atom. The second kappa shape index (κ2) is 5.83. The van der Waals surface area contributed by atoms with Gasteiger partial charge in [0.1, 0.15) is 5.65 Å². The van der Waals surface area contributed by atoms with Crippen molar-refractivity contribution in [1.29, 1.82) is 0 Å². The van der Waals surface area contributed by atoms with Crippen molar-refractivity contribution in [2.75, 3.05) is 7.05 Å². The van der Waals surface area contributed by atoms with Crippen molar-refractivity contribution in [1.82, 2.24) is 15.4 Å². The number of aromatic nitrogens is 2. The van der Waals surface area contributed by atoms with Gasteiger partial charge in [-0.2, -0.15) is 5.10 Å². The van der Waals surface area contributed by atoms with E-state index in [1.54, 1.807) is 6.20 Å². The lowest BCUT2D eigenvalue weighted by atomic mass is 9.83. The number of nitrogens with one attached hydrogen (secondary N) is 2. The maximum absolute atomic E-state index is 6.42. The van der Waals surface area contributed by atoms with E-state index in [1.165, 1.54) is 32.1 Å². The molecule has 3 rings (SSSR count). The van der Waals surface area contributed by atoms with Crippen LogP contribution in [0.1, 0.15) is 37.7 Å². The van der Waals surface area contributed by atoms with Gasteiger partial charge in [-0.25, -0.2) is 4.98 Å². The van der Waals surface area contributed by atoms with Gasteiger partial charge in [-0.05, 0) is 18.9 Å². The molecule has 20 heavy (non-hydrogen) atoms. The van der Waals surface area contributed by atoms with Crippen molar-refractivity contribution >= 4 is 28.3 Å². The molecule has 1 aliphatic carbocycles. The fourth-order valence-corrected chi connectivity index (χ4v) is 3.34. The Bertz CT molecular complexity index is 626. The van der Waals surface area contributed by atoms with E-state index >= 15 is 0 Å². The highest BCUT2D eigenvalue weighted by atomic mass is 35.5. The molecule has 0 radical (unpaired) electrons. The third-order valence-corrected chi connectivity index (χ3v) is 4.31. The van der Waals surface area contributed by atoms with Gasteiger partial charge in [0.25, 0.3) is 0 Å². The molecule has 0 bridgehead atoms. The Hall–Kier alpha value is -1.55. The van der Waals surface area contributed by atoms with Crippen LogP contribution in [0.25, 0.3) is 11.0 Å². The number of halogens is 1. The van der Waals surface area contributed by atoms with Crippen molar-refractivity contribution in [3.63, 3.8) is 0 Å². The van der Waals surface area contributed by atoms with E-state index in [1.807, 2.05) is 19.3 Å². The molecule has 0 spiro atoms. The van der Waals surface area contributed by atoms with Gasteiger partial charge in [-0.15, -0.1) is 0 Å². The highest BCUT2D eigenvalue weighted by Crippen LogP contribution is 2.32. The third-order valence-electron chi connectivity index (χ3n) is 4.02. The lowest BCUT2D eigenvalue weighted by Crippen LogP contribution is -2.22. The van der Waals surface area contributed by atoms with E-state index in [0.29, 0.717) is 10.9 Å². The van der Waals surface area contributed by atoms with Gasteiger partial charge in [0.05, 0.1) is 10.7 Å². The van der Waals surface area contributed by atoms with Crippen molar-refractivity contribution in [3.8, 4) is 0 Å².